The number of hydrogen-bond acceptors (Lipinski definition) is 0. The Morgan fingerprint density at radius 3 is 0.417 bits per heavy atom. The van der Waals surface area contributed by atoms with Gasteiger partial charge in [-0.1, -0.05) is 0 Å². The van der Waals surface area contributed by atoms with Crippen LogP contribution in [0.4, 0.5) is 0 Å². The van der Waals surface area contributed by atoms with Crippen molar-refractivity contribution >= 4 is 38.1 Å². The van der Waals surface area contributed by atoms with E-state index in [1.807, 2.05) is 0 Å². The van der Waals surface area contributed by atoms with E-state index in [2.05, 4.69) is 0 Å². The van der Waals surface area contributed by atoms with Crippen molar-refractivity contribution in [2.45, 2.75) is 0 Å². The van der Waals surface area contributed by atoms with Crippen molar-refractivity contribution in [2.24, 2.45) is 0 Å². The van der Waals surface area contributed by atoms with Crippen molar-refractivity contribution in [2.75, 3.05) is 0 Å². The van der Waals surface area contributed by atoms with E-state index >= 15 is 0 Å². The van der Waals surface area contributed by atoms with Crippen LogP contribution in [-0.2, 0) is 11.5 Å². The third-order valence-electron chi connectivity index (χ3n) is 0. The number of hydrogen-bond donors (Lipinski definition) is 0. The van der Waals surface area contributed by atoms with Gasteiger partial charge in [0.05, 0.1) is 0 Å². The van der Waals surface area contributed by atoms with Gasteiger partial charge in [0.15, 0.2) is 0 Å². The molecule has 0 unspecified atom stereocenters. The topological polar surface area (TPSA) is 220 Å². The molecule has 14 N–H and O–H groups in total. The zero-order valence-electron chi connectivity index (χ0n) is 5.39. The molecule has 0 aliphatic heterocycles. The van der Waals surface area contributed by atoms with Gasteiger partial charge in [0.2, 0.25) is 0 Å². The molecule has 0 saturated carbocycles. The summed E-state index contributed by atoms with van der Waals surface area (Å²) in [6.45, 7) is 0. The Morgan fingerprint density at radius 1 is 0.417 bits per heavy atom. The fourth-order valence-corrected chi connectivity index (χ4v) is 0. The summed E-state index contributed by atoms with van der Waals surface area (Å²) in [4.78, 5) is 0. The molecule has 0 bridgehead atoms. The molecule has 7 nitrogen and oxygen atoms in total. The summed E-state index contributed by atoms with van der Waals surface area (Å²) >= 11 is -3.22. The van der Waals surface area contributed by atoms with Gasteiger partial charge in [0.1, 0.15) is 0 Å². The quantitative estimate of drug-likeness (QED) is 0.357. The second kappa shape index (κ2) is 29.4. The van der Waals surface area contributed by atoms with E-state index in [4.69, 9.17) is 38.1 Å². The van der Waals surface area contributed by atoms with Crippen molar-refractivity contribution in [1.82, 2.24) is 0 Å². The molecule has 91 valence electrons. The van der Waals surface area contributed by atoms with Crippen LogP contribution in [0.1, 0.15) is 0 Å². The molecule has 0 atom stereocenters. The molecule has 0 spiro atoms. The van der Waals surface area contributed by atoms with Crippen LogP contribution in [0.15, 0.2) is 0 Å². The van der Waals surface area contributed by atoms with Gasteiger partial charge in [-0.05, 0) is 0 Å². The first kappa shape index (κ1) is 69.4. The van der Waals surface area contributed by atoms with Gasteiger partial charge >= 0.3 is 49.6 Å². The molecule has 0 rings (SSSR count). The number of rotatable bonds is 0. The molecule has 12 heavy (non-hydrogen) atoms. The van der Waals surface area contributed by atoms with Crippen molar-refractivity contribution in [3.63, 3.8) is 0 Å². The predicted molar refractivity (Wildman–Crippen MR) is 48.7 cm³/mol. The molecule has 0 aromatic heterocycles. The van der Waals surface area contributed by atoms with Gasteiger partial charge in [0, 0.05) is 0 Å². The molecule has 12 heteroatoms. The fourth-order valence-electron chi connectivity index (χ4n) is 0. The van der Waals surface area contributed by atoms with Crippen molar-refractivity contribution in [3.8, 4) is 0 Å². The average Bonchev–Trinajstić information content (AvgIpc) is 0.722. The first-order valence-electron chi connectivity index (χ1n) is 0.571. The van der Waals surface area contributed by atoms with Crippen LogP contribution in [0.25, 0.3) is 0 Å². The van der Waals surface area contributed by atoms with E-state index < -0.39 is 11.5 Å². The third-order valence-corrected chi connectivity index (χ3v) is 0. The van der Waals surface area contributed by atoms with Gasteiger partial charge in [-0.2, -0.15) is 0 Å². The molecule has 0 radical (unpaired) electrons. The molecule has 0 saturated heterocycles. The molecule has 0 aliphatic rings. The molecule has 0 amide bonds. The maximum atomic E-state index is 5.03. The van der Waals surface area contributed by atoms with Gasteiger partial charge in [0.25, 0.3) is 0 Å². The summed E-state index contributed by atoms with van der Waals surface area (Å²) in [5, 5.41) is 0. The summed E-state index contributed by atoms with van der Waals surface area (Å²) in [6, 6.07) is 0. The SMILES string of the molecule is O.O.O.O.O.O.O.[Cl][Re]([Cl])([Cl])[Cl]. The second-order valence-electron chi connectivity index (χ2n) is 0.324. The molecule has 0 aliphatic carbocycles. The van der Waals surface area contributed by atoms with E-state index in [-0.39, 0.29) is 38.3 Å². The van der Waals surface area contributed by atoms with E-state index in [9.17, 15) is 0 Å². The van der Waals surface area contributed by atoms with E-state index in [0.717, 1.165) is 0 Å². The minimum atomic E-state index is -3.22. The normalized spacial score (nSPS) is 6.33. The zero-order chi connectivity index (χ0) is 4.50. The Bertz CT molecular complexity index is 30.9. The molecule has 0 fully saturated rings. The fraction of sp³-hybridized carbons (Fsp3) is 0. The van der Waals surface area contributed by atoms with Crippen LogP contribution in [-0.4, -0.2) is 38.3 Å². The van der Waals surface area contributed by atoms with Crippen LogP contribution in [0.3, 0.4) is 0 Å². The summed E-state index contributed by atoms with van der Waals surface area (Å²) in [5.41, 5.74) is 0. The summed E-state index contributed by atoms with van der Waals surface area (Å²) in [6.07, 6.45) is 0. The Labute approximate surface area is 87.6 Å². The summed E-state index contributed by atoms with van der Waals surface area (Å²) < 4.78 is 0. The van der Waals surface area contributed by atoms with Crippen LogP contribution < -0.4 is 0 Å². The van der Waals surface area contributed by atoms with Crippen molar-refractivity contribution in [1.29, 1.82) is 0 Å². The molecular weight excluding hydrogens is 440 g/mol. The van der Waals surface area contributed by atoms with Crippen molar-refractivity contribution < 1.29 is 49.8 Å². The first-order valence-corrected chi connectivity index (χ1v) is 14.0. The van der Waals surface area contributed by atoms with Crippen LogP contribution in [0.2, 0.25) is 0 Å². The Balaban J connectivity index is -0.00000000381. The Hall–Kier alpha value is 1.54. The van der Waals surface area contributed by atoms with Crippen LogP contribution in [0, 0.1) is 0 Å². The predicted octanol–water partition coefficient (Wildman–Crippen LogP) is -3.02. The molecule has 0 aromatic carbocycles. The molecule has 0 aromatic rings. The molecular formula is H14Cl4O7Re. The van der Waals surface area contributed by atoms with E-state index in [1.54, 1.807) is 0 Å². The summed E-state index contributed by atoms with van der Waals surface area (Å²) in [5.74, 6) is 0. The zero-order valence-corrected chi connectivity index (χ0v) is 11.1. The van der Waals surface area contributed by atoms with Crippen molar-refractivity contribution in [3.05, 3.63) is 0 Å². The minimum absolute atomic E-state index is 0. The molecule has 0 heterocycles. The Kier molecular flexibility index (Phi) is 170. The van der Waals surface area contributed by atoms with Gasteiger partial charge in [-0.15, -0.1) is 0 Å². The van der Waals surface area contributed by atoms with Gasteiger partial charge in [-0.3, -0.25) is 0 Å². The van der Waals surface area contributed by atoms with Crippen LogP contribution in [0.5, 0.6) is 0 Å². The Morgan fingerprint density at radius 2 is 0.417 bits per heavy atom. The van der Waals surface area contributed by atoms with Gasteiger partial charge in [-0.25, -0.2) is 0 Å². The standard InChI is InChI=1S/4ClH.7H2O.Re/h4*1H;7*1H2;/q;;;;;;;;;;;+4/p-4. The third kappa shape index (κ3) is 539. The van der Waals surface area contributed by atoms with Gasteiger partial charge < -0.3 is 38.3 Å². The average molecular weight is 454 g/mol. The van der Waals surface area contributed by atoms with E-state index in [0.29, 0.717) is 0 Å². The van der Waals surface area contributed by atoms with E-state index in [1.165, 1.54) is 0 Å². The number of halogens is 4. The second-order valence-corrected chi connectivity index (χ2v) is 23.9. The first-order chi connectivity index (χ1) is 2.00. The monoisotopic (exact) mass is 453 g/mol. The van der Waals surface area contributed by atoms with Crippen LogP contribution >= 0.6 is 38.1 Å². The maximum absolute atomic E-state index is 5.03. The summed E-state index contributed by atoms with van der Waals surface area (Å²) in [7, 11) is 20.1.